The van der Waals surface area contributed by atoms with E-state index in [9.17, 15) is 0 Å². The number of nitrogens with zero attached hydrogens (tertiary/aromatic N) is 2. The fourth-order valence-electron chi connectivity index (χ4n) is 1.23. The predicted octanol–water partition coefficient (Wildman–Crippen LogP) is 2.04. The van der Waals surface area contributed by atoms with Gasteiger partial charge in [-0.05, 0) is 30.3 Å². The van der Waals surface area contributed by atoms with E-state index in [4.69, 9.17) is 12.2 Å². The molecule has 0 spiro atoms. The molecule has 16 heavy (non-hydrogen) atoms. The van der Waals surface area contributed by atoms with Gasteiger partial charge in [-0.3, -0.25) is 4.98 Å². The van der Waals surface area contributed by atoms with Crippen LogP contribution in [-0.2, 0) is 6.54 Å². The van der Waals surface area contributed by atoms with Gasteiger partial charge in [-0.15, -0.1) is 0 Å². The first-order valence-corrected chi connectivity index (χ1v) is 5.89. The molecule has 1 aromatic rings. The van der Waals surface area contributed by atoms with E-state index in [1.165, 1.54) is 0 Å². The zero-order chi connectivity index (χ0) is 12.0. The van der Waals surface area contributed by atoms with Crippen molar-refractivity contribution in [2.75, 3.05) is 13.6 Å². The lowest BCUT2D eigenvalue weighted by Gasteiger charge is -2.21. The Morgan fingerprint density at radius 1 is 1.50 bits per heavy atom. The maximum Gasteiger partial charge on any atom is 0.169 e. The molecule has 0 aliphatic carbocycles. The first-order chi connectivity index (χ1) is 7.59. The third kappa shape index (κ3) is 4.57. The summed E-state index contributed by atoms with van der Waals surface area (Å²) < 4.78 is 0. The van der Waals surface area contributed by atoms with Crippen molar-refractivity contribution in [3.63, 3.8) is 0 Å². The molecule has 0 fully saturated rings. The maximum atomic E-state index is 5.28. The molecule has 0 saturated heterocycles. The highest BCUT2D eigenvalue weighted by Gasteiger charge is 2.05. The van der Waals surface area contributed by atoms with Crippen molar-refractivity contribution in [3.05, 3.63) is 30.1 Å². The van der Waals surface area contributed by atoms with E-state index in [0.29, 0.717) is 5.92 Å². The Morgan fingerprint density at radius 3 is 2.81 bits per heavy atom. The molecule has 1 rings (SSSR count). The van der Waals surface area contributed by atoms with Gasteiger partial charge in [0.25, 0.3) is 0 Å². The zero-order valence-corrected chi connectivity index (χ0v) is 10.9. The molecule has 0 aliphatic rings. The lowest BCUT2D eigenvalue weighted by Crippen LogP contribution is -2.38. The molecular formula is C12H19N3S. The second kappa shape index (κ2) is 6.43. The molecule has 3 nitrogen and oxygen atoms in total. The molecule has 0 amide bonds. The molecule has 0 atom stereocenters. The Balaban J connectivity index is 2.40. The zero-order valence-electron chi connectivity index (χ0n) is 10.1. The molecule has 1 N–H and O–H groups in total. The minimum Gasteiger partial charge on any atom is -0.362 e. The van der Waals surface area contributed by atoms with E-state index in [0.717, 1.165) is 23.9 Å². The number of thiocarbonyl (C=S) groups is 1. The minimum atomic E-state index is 0.598. The van der Waals surface area contributed by atoms with E-state index < -0.39 is 0 Å². The van der Waals surface area contributed by atoms with Gasteiger partial charge < -0.3 is 10.2 Å². The number of hydrogen-bond donors (Lipinski definition) is 1. The topological polar surface area (TPSA) is 28.2 Å². The maximum absolute atomic E-state index is 5.28. The van der Waals surface area contributed by atoms with Gasteiger partial charge in [-0.25, -0.2) is 0 Å². The van der Waals surface area contributed by atoms with Crippen LogP contribution in [-0.4, -0.2) is 28.6 Å². The van der Waals surface area contributed by atoms with Crippen LogP contribution in [0.2, 0.25) is 0 Å². The van der Waals surface area contributed by atoms with Crippen LogP contribution in [0.15, 0.2) is 24.4 Å². The van der Waals surface area contributed by atoms with Gasteiger partial charge in [0.05, 0.1) is 12.2 Å². The van der Waals surface area contributed by atoms with Gasteiger partial charge in [0, 0.05) is 19.8 Å². The van der Waals surface area contributed by atoms with Gasteiger partial charge >= 0.3 is 0 Å². The predicted molar refractivity (Wildman–Crippen MR) is 71.1 cm³/mol. The number of nitrogens with one attached hydrogen (secondary N) is 1. The van der Waals surface area contributed by atoms with E-state index in [1.807, 2.05) is 30.1 Å². The highest BCUT2D eigenvalue weighted by atomic mass is 32.1. The van der Waals surface area contributed by atoms with Crippen LogP contribution in [0.1, 0.15) is 19.5 Å². The minimum absolute atomic E-state index is 0.598. The summed E-state index contributed by atoms with van der Waals surface area (Å²) in [4.78, 5) is 6.27. The molecule has 0 aromatic carbocycles. The van der Waals surface area contributed by atoms with E-state index in [-0.39, 0.29) is 0 Å². The van der Waals surface area contributed by atoms with E-state index in [1.54, 1.807) is 6.20 Å². The molecule has 4 heteroatoms. The third-order valence-electron chi connectivity index (χ3n) is 2.13. The van der Waals surface area contributed by atoms with Crippen LogP contribution in [0.3, 0.4) is 0 Å². The van der Waals surface area contributed by atoms with Crippen molar-refractivity contribution < 1.29 is 0 Å². The summed E-state index contributed by atoms with van der Waals surface area (Å²) in [6.07, 6.45) is 1.80. The van der Waals surface area contributed by atoms with Crippen molar-refractivity contribution in [2.24, 2.45) is 5.92 Å². The quantitative estimate of drug-likeness (QED) is 0.811. The van der Waals surface area contributed by atoms with Crippen molar-refractivity contribution in [2.45, 2.75) is 20.4 Å². The molecule has 88 valence electrons. The summed E-state index contributed by atoms with van der Waals surface area (Å²) >= 11 is 5.28. The van der Waals surface area contributed by atoms with Gasteiger partial charge in [-0.1, -0.05) is 19.9 Å². The highest BCUT2D eigenvalue weighted by molar-refractivity contribution is 7.80. The Kier molecular flexibility index (Phi) is 5.19. The van der Waals surface area contributed by atoms with Crippen molar-refractivity contribution >= 4 is 17.3 Å². The van der Waals surface area contributed by atoms with Crippen molar-refractivity contribution in [1.82, 2.24) is 15.2 Å². The largest absolute Gasteiger partial charge is 0.362 e. The summed E-state index contributed by atoms with van der Waals surface area (Å²) in [7, 11) is 1.98. The lowest BCUT2D eigenvalue weighted by molar-refractivity contribution is 0.473. The van der Waals surface area contributed by atoms with Crippen LogP contribution >= 0.6 is 12.2 Å². The number of rotatable bonds is 4. The first-order valence-electron chi connectivity index (χ1n) is 5.48. The fraction of sp³-hybridized carbons (Fsp3) is 0.500. The summed E-state index contributed by atoms with van der Waals surface area (Å²) in [5.41, 5.74) is 1.03. The number of hydrogen-bond acceptors (Lipinski definition) is 2. The van der Waals surface area contributed by atoms with Crippen LogP contribution in [0.25, 0.3) is 0 Å². The smallest absolute Gasteiger partial charge is 0.169 e. The van der Waals surface area contributed by atoms with Crippen molar-refractivity contribution in [3.8, 4) is 0 Å². The molecule has 0 unspecified atom stereocenters. The Bertz CT molecular complexity index is 324. The van der Waals surface area contributed by atoms with Gasteiger partial charge in [0.2, 0.25) is 0 Å². The molecule has 1 heterocycles. The van der Waals surface area contributed by atoms with Crippen LogP contribution in [0.4, 0.5) is 0 Å². The normalized spacial score (nSPS) is 10.2. The van der Waals surface area contributed by atoms with Crippen LogP contribution in [0, 0.1) is 5.92 Å². The first kappa shape index (κ1) is 12.9. The molecule has 0 bridgehead atoms. The van der Waals surface area contributed by atoms with Gasteiger partial charge in [0.1, 0.15) is 0 Å². The summed E-state index contributed by atoms with van der Waals surface area (Å²) in [6.45, 7) is 5.97. The van der Waals surface area contributed by atoms with Crippen LogP contribution in [0.5, 0.6) is 0 Å². The average Bonchev–Trinajstić information content (AvgIpc) is 2.27. The van der Waals surface area contributed by atoms with Crippen LogP contribution < -0.4 is 5.32 Å². The second-order valence-electron chi connectivity index (χ2n) is 4.26. The summed E-state index contributed by atoms with van der Waals surface area (Å²) in [5.74, 6) is 0.598. The molecule has 0 aliphatic heterocycles. The number of pyridine rings is 1. The van der Waals surface area contributed by atoms with Gasteiger partial charge in [0.15, 0.2) is 5.11 Å². The monoisotopic (exact) mass is 237 g/mol. The van der Waals surface area contributed by atoms with Gasteiger partial charge in [-0.2, -0.15) is 0 Å². The second-order valence-corrected chi connectivity index (χ2v) is 4.64. The average molecular weight is 237 g/mol. The summed E-state index contributed by atoms with van der Waals surface area (Å²) in [6, 6.07) is 5.90. The Morgan fingerprint density at radius 2 is 2.25 bits per heavy atom. The number of aromatic nitrogens is 1. The molecular weight excluding hydrogens is 218 g/mol. The molecule has 0 radical (unpaired) electrons. The lowest BCUT2D eigenvalue weighted by atomic mass is 10.2. The van der Waals surface area contributed by atoms with Crippen molar-refractivity contribution in [1.29, 1.82) is 0 Å². The molecule has 0 saturated carbocycles. The standard InChI is InChI=1S/C12H19N3S/c1-10(2)8-14-12(16)15(3)9-11-6-4-5-7-13-11/h4-7,10H,8-9H2,1-3H3,(H,14,16). The highest BCUT2D eigenvalue weighted by Crippen LogP contribution is 1.99. The fourth-order valence-corrected chi connectivity index (χ4v) is 1.38. The summed E-state index contributed by atoms with van der Waals surface area (Å²) in [5, 5.41) is 4.01. The van der Waals surface area contributed by atoms with E-state index in [2.05, 4.69) is 24.1 Å². The Labute approximate surface area is 103 Å². The molecule has 1 aromatic heterocycles. The SMILES string of the molecule is CC(C)CNC(=S)N(C)Cc1ccccn1. The third-order valence-corrected chi connectivity index (χ3v) is 2.59. The Hall–Kier alpha value is -1.16. The van der Waals surface area contributed by atoms with E-state index >= 15 is 0 Å².